The zero-order chi connectivity index (χ0) is 21.8. The van der Waals surface area contributed by atoms with Gasteiger partial charge < -0.3 is 15.8 Å². The summed E-state index contributed by atoms with van der Waals surface area (Å²) in [5.41, 5.74) is 9.49. The second-order valence-electron chi connectivity index (χ2n) is 6.93. The molecule has 2 heterocycles. The zero-order valence-corrected chi connectivity index (χ0v) is 17.3. The van der Waals surface area contributed by atoms with Crippen LogP contribution in [0.4, 0.5) is 17.6 Å². The van der Waals surface area contributed by atoms with E-state index in [0.717, 1.165) is 22.2 Å². The number of carbonyl (C=O) groups excluding carboxylic acids is 1. The average molecular weight is 414 g/mol. The van der Waals surface area contributed by atoms with E-state index in [1.54, 1.807) is 0 Å². The highest BCUT2D eigenvalue weighted by Crippen LogP contribution is 2.24. The maximum Gasteiger partial charge on any atom is 0.340 e. The number of nitrogen functional groups attached to an aromatic ring is 1. The fourth-order valence-corrected chi connectivity index (χ4v) is 3.38. The molecule has 0 fully saturated rings. The first-order chi connectivity index (χ1) is 15.0. The topological polar surface area (TPSA) is 116 Å². The number of ether oxygens (including phenoxy) is 1. The Labute approximate surface area is 179 Å². The normalized spacial score (nSPS) is 10.8. The van der Waals surface area contributed by atoms with Gasteiger partial charge in [-0.3, -0.25) is 4.98 Å². The van der Waals surface area contributed by atoms with Gasteiger partial charge in [-0.25, -0.2) is 4.79 Å². The molecule has 4 aromatic rings. The van der Waals surface area contributed by atoms with Gasteiger partial charge in [0.2, 0.25) is 11.9 Å². The lowest BCUT2D eigenvalue weighted by Crippen LogP contribution is -2.14. The number of rotatable bonds is 6. The van der Waals surface area contributed by atoms with Crippen molar-refractivity contribution in [2.45, 2.75) is 26.9 Å². The number of aryl methyl sites for hydroxylation is 2. The number of carbonyl (C=O) groups is 1. The molecule has 0 amide bonds. The SMILES string of the molecule is CCc1nc2ccccc2c(C)c1C(=O)OCc1nc(N)nc(Nc2ccccc2)n1. The Hall–Kier alpha value is -4.07. The van der Waals surface area contributed by atoms with Crippen LogP contribution in [-0.4, -0.2) is 25.9 Å². The number of pyridine rings is 1. The largest absolute Gasteiger partial charge is 0.454 e. The molecule has 8 heteroatoms. The van der Waals surface area contributed by atoms with E-state index in [9.17, 15) is 4.79 Å². The van der Waals surface area contributed by atoms with Crippen LogP contribution in [0.3, 0.4) is 0 Å². The summed E-state index contributed by atoms with van der Waals surface area (Å²) in [5.74, 6) is 0.104. The Kier molecular flexibility index (Phi) is 5.70. The maximum absolute atomic E-state index is 12.9. The molecule has 0 aliphatic heterocycles. The molecule has 0 spiro atoms. The number of hydrogen-bond donors (Lipinski definition) is 2. The van der Waals surface area contributed by atoms with Crippen molar-refractivity contribution >= 4 is 34.5 Å². The van der Waals surface area contributed by atoms with Crippen LogP contribution in [0.2, 0.25) is 0 Å². The number of esters is 1. The summed E-state index contributed by atoms with van der Waals surface area (Å²) in [6.07, 6.45) is 0.611. The highest BCUT2D eigenvalue weighted by molar-refractivity contribution is 5.98. The van der Waals surface area contributed by atoms with Gasteiger partial charge in [0.25, 0.3) is 0 Å². The van der Waals surface area contributed by atoms with Gasteiger partial charge in [-0.05, 0) is 37.1 Å². The fourth-order valence-electron chi connectivity index (χ4n) is 3.38. The lowest BCUT2D eigenvalue weighted by molar-refractivity contribution is 0.0459. The Balaban J connectivity index is 1.56. The molecule has 4 rings (SSSR count). The molecule has 0 saturated carbocycles. The van der Waals surface area contributed by atoms with Crippen molar-refractivity contribution in [1.82, 2.24) is 19.9 Å². The third kappa shape index (κ3) is 4.42. The first kappa shape index (κ1) is 20.2. The van der Waals surface area contributed by atoms with E-state index in [2.05, 4.69) is 25.3 Å². The number of anilines is 3. The number of benzene rings is 2. The van der Waals surface area contributed by atoms with Crippen molar-refractivity contribution in [3.8, 4) is 0 Å². The first-order valence-electron chi connectivity index (χ1n) is 9.93. The number of nitrogens with zero attached hydrogens (tertiary/aromatic N) is 4. The van der Waals surface area contributed by atoms with Gasteiger partial charge in [0.15, 0.2) is 12.4 Å². The third-order valence-corrected chi connectivity index (χ3v) is 4.83. The summed E-state index contributed by atoms with van der Waals surface area (Å²) < 4.78 is 5.53. The lowest BCUT2D eigenvalue weighted by Gasteiger charge is -2.13. The highest BCUT2D eigenvalue weighted by atomic mass is 16.5. The smallest absolute Gasteiger partial charge is 0.340 e. The van der Waals surface area contributed by atoms with Crippen molar-refractivity contribution < 1.29 is 9.53 Å². The summed E-state index contributed by atoms with van der Waals surface area (Å²) in [7, 11) is 0. The van der Waals surface area contributed by atoms with Crippen LogP contribution in [-0.2, 0) is 17.8 Å². The number of nitrogens with one attached hydrogen (secondary N) is 1. The Morgan fingerprint density at radius 1 is 1.00 bits per heavy atom. The van der Waals surface area contributed by atoms with Crippen molar-refractivity contribution in [2.75, 3.05) is 11.1 Å². The third-order valence-electron chi connectivity index (χ3n) is 4.83. The Bertz CT molecular complexity index is 1240. The molecule has 8 nitrogen and oxygen atoms in total. The number of hydrogen-bond acceptors (Lipinski definition) is 8. The van der Waals surface area contributed by atoms with Crippen molar-refractivity contribution in [2.24, 2.45) is 0 Å². The van der Waals surface area contributed by atoms with Gasteiger partial charge in [0, 0.05) is 11.1 Å². The van der Waals surface area contributed by atoms with Gasteiger partial charge in [0.05, 0.1) is 16.8 Å². The summed E-state index contributed by atoms with van der Waals surface area (Å²) in [6, 6.07) is 17.2. The van der Waals surface area contributed by atoms with E-state index in [4.69, 9.17) is 10.5 Å². The van der Waals surface area contributed by atoms with E-state index in [1.807, 2.05) is 68.4 Å². The molecule has 0 aliphatic carbocycles. The maximum atomic E-state index is 12.9. The molecule has 0 radical (unpaired) electrons. The van der Waals surface area contributed by atoms with Crippen LogP contribution in [0.15, 0.2) is 54.6 Å². The van der Waals surface area contributed by atoms with Gasteiger partial charge in [0.1, 0.15) is 0 Å². The standard InChI is InChI=1S/C23H22N6O2/c1-3-17-20(14(2)16-11-7-8-12-18(16)26-17)21(30)31-13-19-27-22(24)29-23(28-19)25-15-9-5-4-6-10-15/h4-12H,3,13H2,1-2H3,(H3,24,25,27,28,29). The summed E-state index contributed by atoms with van der Waals surface area (Å²) >= 11 is 0. The van der Waals surface area contributed by atoms with Crippen LogP contribution in [0.25, 0.3) is 10.9 Å². The summed E-state index contributed by atoms with van der Waals surface area (Å²) in [4.78, 5) is 30.0. The quantitative estimate of drug-likeness (QED) is 0.455. The summed E-state index contributed by atoms with van der Waals surface area (Å²) in [5, 5.41) is 3.98. The van der Waals surface area contributed by atoms with Crippen LogP contribution in [0, 0.1) is 6.92 Å². The zero-order valence-electron chi connectivity index (χ0n) is 17.3. The van der Waals surface area contributed by atoms with Crippen molar-refractivity contribution in [1.29, 1.82) is 0 Å². The van der Waals surface area contributed by atoms with Crippen LogP contribution < -0.4 is 11.1 Å². The van der Waals surface area contributed by atoms with E-state index >= 15 is 0 Å². The molecule has 0 unspecified atom stereocenters. The van der Waals surface area contributed by atoms with E-state index in [-0.39, 0.29) is 24.3 Å². The van der Waals surface area contributed by atoms with Crippen molar-refractivity contribution in [3.63, 3.8) is 0 Å². The number of nitrogens with two attached hydrogens (primary N) is 1. The van der Waals surface area contributed by atoms with Gasteiger partial charge in [-0.1, -0.05) is 43.3 Å². The van der Waals surface area contributed by atoms with E-state index < -0.39 is 5.97 Å². The van der Waals surface area contributed by atoms with Gasteiger partial charge in [-0.15, -0.1) is 0 Å². The molecule has 2 aromatic heterocycles. The fraction of sp³-hybridized carbons (Fsp3) is 0.174. The van der Waals surface area contributed by atoms with E-state index in [1.165, 1.54) is 0 Å². The minimum atomic E-state index is -0.468. The molecule has 0 aliphatic rings. The van der Waals surface area contributed by atoms with Crippen LogP contribution >= 0.6 is 0 Å². The lowest BCUT2D eigenvalue weighted by atomic mass is 10.0. The van der Waals surface area contributed by atoms with E-state index in [0.29, 0.717) is 17.7 Å². The summed E-state index contributed by atoms with van der Waals surface area (Å²) in [6.45, 7) is 3.73. The monoisotopic (exact) mass is 414 g/mol. The minimum Gasteiger partial charge on any atom is -0.454 e. The molecule has 0 saturated heterocycles. The van der Waals surface area contributed by atoms with Crippen LogP contribution in [0.5, 0.6) is 0 Å². The molecular weight excluding hydrogens is 392 g/mol. The highest BCUT2D eigenvalue weighted by Gasteiger charge is 2.20. The van der Waals surface area contributed by atoms with Gasteiger partial charge >= 0.3 is 5.97 Å². The number of fused-ring (bicyclic) bond motifs is 1. The minimum absolute atomic E-state index is 0.0391. The predicted molar refractivity (Wildman–Crippen MR) is 119 cm³/mol. The molecular formula is C23H22N6O2. The number of para-hydroxylation sites is 2. The molecule has 2 aromatic carbocycles. The van der Waals surface area contributed by atoms with Crippen molar-refractivity contribution in [3.05, 3.63) is 77.2 Å². The molecule has 0 bridgehead atoms. The first-order valence-corrected chi connectivity index (χ1v) is 9.93. The Morgan fingerprint density at radius 3 is 2.52 bits per heavy atom. The molecule has 31 heavy (non-hydrogen) atoms. The molecule has 156 valence electrons. The molecule has 0 atom stereocenters. The molecule has 3 N–H and O–H groups in total. The average Bonchev–Trinajstić information content (AvgIpc) is 2.77. The van der Waals surface area contributed by atoms with Crippen LogP contribution in [0.1, 0.15) is 34.4 Å². The predicted octanol–water partition coefficient (Wildman–Crippen LogP) is 3.97. The Morgan fingerprint density at radius 2 is 1.74 bits per heavy atom. The second-order valence-corrected chi connectivity index (χ2v) is 6.93. The van der Waals surface area contributed by atoms with Gasteiger partial charge in [-0.2, -0.15) is 15.0 Å². The second kappa shape index (κ2) is 8.74. The number of aromatic nitrogens is 4.